The minimum absolute atomic E-state index is 0.549. The SMILES string of the molecule is O=C1CC[C@@]2(C1)[C@@H]1CC[C@H]3C[C@@H]1[C@@H]2C3. The molecule has 4 rings (SSSR count). The van der Waals surface area contributed by atoms with Crippen LogP contribution in [0.3, 0.4) is 0 Å². The van der Waals surface area contributed by atoms with Gasteiger partial charge in [0.25, 0.3) is 0 Å². The van der Waals surface area contributed by atoms with Gasteiger partial charge < -0.3 is 0 Å². The Morgan fingerprint density at radius 1 is 1.14 bits per heavy atom. The molecule has 0 aromatic carbocycles. The predicted molar refractivity (Wildman–Crippen MR) is 53.7 cm³/mol. The van der Waals surface area contributed by atoms with Crippen LogP contribution in [0.5, 0.6) is 0 Å². The molecular formula is C13H18O. The Kier molecular flexibility index (Phi) is 1.27. The lowest BCUT2D eigenvalue weighted by molar-refractivity contribution is -0.128. The van der Waals surface area contributed by atoms with E-state index in [0.717, 1.165) is 36.5 Å². The van der Waals surface area contributed by atoms with Gasteiger partial charge in [0.15, 0.2) is 0 Å². The zero-order chi connectivity index (χ0) is 9.34. The zero-order valence-corrected chi connectivity index (χ0v) is 8.67. The lowest BCUT2D eigenvalue weighted by Crippen LogP contribution is -2.53. The van der Waals surface area contributed by atoms with Gasteiger partial charge in [-0.15, -0.1) is 0 Å². The number of ketones is 1. The first-order valence-corrected chi connectivity index (χ1v) is 6.31. The summed E-state index contributed by atoms with van der Waals surface area (Å²) in [5.41, 5.74) is 0.549. The van der Waals surface area contributed by atoms with Crippen LogP contribution in [-0.4, -0.2) is 5.78 Å². The van der Waals surface area contributed by atoms with Gasteiger partial charge in [-0.25, -0.2) is 0 Å². The van der Waals surface area contributed by atoms with E-state index in [1.165, 1.54) is 32.1 Å². The van der Waals surface area contributed by atoms with Gasteiger partial charge in [-0.3, -0.25) is 4.79 Å². The van der Waals surface area contributed by atoms with Gasteiger partial charge in [-0.05, 0) is 54.8 Å². The molecular weight excluding hydrogens is 172 g/mol. The summed E-state index contributed by atoms with van der Waals surface area (Å²) in [7, 11) is 0. The molecule has 1 nitrogen and oxygen atoms in total. The number of rotatable bonds is 0. The highest BCUT2D eigenvalue weighted by Gasteiger charge is 2.67. The average Bonchev–Trinajstić information content (AvgIpc) is 2.64. The summed E-state index contributed by atoms with van der Waals surface area (Å²) >= 11 is 0. The number of hydrogen-bond acceptors (Lipinski definition) is 1. The normalized spacial score (nSPS) is 59.3. The van der Waals surface area contributed by atoms with Crippen molar-refractivity contribution in [2.45, 2.75) is 44.9 Å². The van der Waals surface area contributed by atoms with Crippen molar-refractivity contribution in [3.8, 4) is 0 Å². The molecule has 0 aromatic rings. The van der Waals surface area contributed by atoms with Crippen LogP contribution in [0.2, 0.25) is 0 Å². The van der Waals surface area contributed by atoms with E-state index in [0.29, 0.717) is 11.2 Å². The molecule has 0 saturated heterocycles. The largest absolute Gasteiger partial charge is 0.300 e. The summed E-state index contributed by atoms with van der Waals surface area (Å²) in [6.07, 6.45) is 9.06. The highest BCUT2D eigenvalue weighted by Crippen LogP contribution is 2.73. The van der Waals surface area contributed by atoms with Gasteiger partial charge in [-0.2, -0.15) is 0 Å². The topological polar surface area (TPSA) is 17.1 Å². The maximum atomic E-state index is 11.5. The quantitative estimate of drug-likeness (QED) is 0.574. The fraction of sp³-hybridized carbons (Fsp3) is 0.923. The van der Waals surface area contributed by atoms with Crippen molar-refractivity contribution in [2.75, 3.05) is 0 Å². The first-order chi connectivity index (χ1) is 6.79. The minimum Gasteiger partial charge on any atom is -0.300 e. The molecule has 76 valence electrons. The second-order valence-electron chi connectivity index (χ2n) is 6.24. The van der Waals surface area contributed by atoms with Crippen LogP contribution >= 0.6 is 0 Å². The monoisotopic (exact) mass is 190 g/mol. The van der Waals surface area contributed by atoms with Crippen molar-refractivity contribution in [3.05, 3.63) is 0 Å². The third kappa shape index (κ3) is 0.697. The van der Waals surface area contributed by atoms with E-state index in [1.807, 2.05) is 0 Å². The van der Waals surface area contributed by atoms with Crippen LogP contribution in [0.15, 0.2) is 0 Å². The predicted octanol–water partition coefficient (Wildman–Crippen LogP) is 2.79. The van der Waals surface area contributed by atoms with Crippen LogP contribution in [0.4, 0.5) is 0 Å². The molecule has 0 amide bonds. The number of carbonyl (C=O) groups excluding carboxylic acids is 1. The number of fused-ring (bicyclic) bond motifs is 3. The van der Waals surface area contributed by atoms with Gasteiger partial charge in [-0.1, -0.05) is 6.42 Å². The molecule has 4 aliphatic rings. The van der Waals surface area contributed by atoms with Gasteiger partial charge in [0.05, 0.1) is 0 Å². The molecule has 0 aromatic heterocycles. The third-order valence-electron chi connectivity index (χ3n) is 5.98. The third-order valence-corrected chi connectivity index (χ3v) is 5.98. The molecule has 0 aliphatic heterocycles. The molecule has 4 aliphatic carbocycles. The molecule has 0 N–H and O–H groups in total. The Hall–Kier alpha value is -0.330. The molecule has 4 fully saturated rings. The van der Waals surface area contributed by atoms with Crippen molar-refractivity contribution >= 4 is 5.78 Å². The van der Waals surface area contributed by atoms with Crippen LogP contribution in [0.25, 0.3) is 0 Å². The first kappa shape index (κ1) is 7.90. The van der Waals surface area contributed by atoms with Crippen molar-refractivity contribution < 1.29 is 4.79 Å². The summed E-state index contributed by atoms with van der Waals surface area (Å²) in [5.74, 6) is 4.62. The first-order valence-electron chi connectivity index (χ1n) is 6.31. The van der Waals surface area contributed by atoms with E-state index in [9.17, 15) is 4.79 Å². The van der Waals surface area contributed by atoms with Crippen molar-refractivity contribution in [1.82, 2.24) is 0 Å². The molecule has 4 saturated carbocycles. The van der Waals surface area contributed by atoms with Crippen LogP contribution in [0, 0.1) is 29.1 Å². The lowest BCUT2D eigenvalue weighted by Gasteiger charge is -2.58. The van der Waals surface area contributed by atoms with E-state index in [-0.39, 0.29) is 0 Å². The van der Waals surface area contributed by atoms with E-state index < -0.39 is 0 Å². The van der Waals surface area contributed by atoms with Crippen molar-refractivity contribution in [1.29, 1.82) is 0 Å². The fourth-order valence-corrected chi connectivity index (χ4v) is 5.57. The Balaban J connectivity index is 1.73. The molecule has 2 bridgehead atoms. The smallest absolute Gasteiger partial charge is 0.133 e. The molecule has 0 unspecified atom stereocenters. The van der Waals surface area contributed by atoms with Crippen LogP contribution in [-0.2, 0) is 4.79 Å². The Morgan fingerprint density at radius 3 is 2.86 bits per heavy atom. The van der Waals surface area contributed by atoms with E-state index in [1.54, 1.807) is 0 Å². The molecule has 1 spiro atoms. The number of Topliss-reactive ketones (excluding diaryl/α,β-unsaturated/α-hetero) is 1. The second-order valence-corrected chi connectivity index (χ2v) is 6.24. The highest BCUT2D eigenvalue weighted by atomic mass is 16.1. The summed E-state index contributed by atoms with van der Waals surface area (Å²) in [5, 5.41) is 0. The summed E-state index contributed by atoms with van der Waals surface area (Å²) in [6, 6.07) is 0. The summed E-state index contributed by atoms with van der Waals surface area (Å²) in [4.78, 5) is 11.5. The Bertz CT molecular complexity index is 300. The number of hydrogen-bond donors (Lipinski definition) is 0. The molecule has 14 heavy (non-hydrogen) atoms. The minimum atomic E-state index is 0.549. The molecule has 5 atom stereocenters. The van der Waals surface area contributed by atoms with E-state index in [2.05, 4.69) is 0 Å². The van der Waals surface area contributed by atoms with E-state index in [4.69, 9.17) is 0 Å². The summed E-state index contributed by atoms with van der Waals surface area (Å²) < 4.78 is 0. The fourth-order valence-electron chi connectivity index (χ4n) is 5.57. The highest BCUT2D eigenvalue weighted by molar-refractivity contribution is 5.82. The van der Waals surface area contributed by atoms with E-state index >= 15 is 0 Å². The van der Waals surface area contributed by atoms with Gasteiger partial charge >= 0.3 is 0 Å². The number of carbonyl (C=O) groups is 1. The molecule has 1 heteroatoms. The molecule has 0 heterocycles. The van der Waals surface area contributed by atoms with Crippen LogP contribution < -0.4 is 0 Å². The molecule has 0 radical (unpaired) electrons. The van der Waals surface area contributed by atoms with Crippen molar-refractivity contribution in [2.24, 2.45) is 29.1 Å². The second kappa shape index (κ2) is 2.25. The van der Waals surface area contributed by atoms with Gasteiger partial charge in [0, 0.05) is 12.8 Å². The maximum Gasteiger partial charge on any atom is 0.133 e. The lowest BCUT2D eigenvalue weighted by atomic mass is 9.46. The Morgan fingerprint density at radius 2 is 2.07 bits per heavy atom. The van der Waals surface area contributed by atoms with Crippen LogP contribution in [0.1, 0.15) is 44.9 Å². The van der Waals surface area contributed by atoms with Gasteiger partial charge in [0.2, 0.25) is 0 Å². The zero-order valence-electron chi connectivity index (χ0n) is 8.67. The standard InChI is InChI=1S/C13H18O/c14-9-3-4-13(7-9)11-2-1-8-5-10(11)12(13)6-8/h8,10-12H,1-7H2/t8-,10-,11+,12-,13+/m0/s1. The maximum absolute atomic E-state index is 11.5. The summed E-state index contributed by atoms with van der Waals surface area (Å²) in [6.45, 7) is 0. The Labute approximate surface area is 85.3 Å². The van der Waals surface area contributed by atoms with Gasteiger partial charge in [0.1, 0.15) is 5.78 Å². The van der Waals surface area contributed by atoms with Crippen molar-refractivity contribution in [3.63, 3.8) is 0 Å². The average molecular weight is 190 g/mol.